The van der Waals surface area contributed by atoms with Gasteiger partial charge >= 0.3 is 5.97 Å². The molecule has 9 nitrogen and oxygen atoms in total. The molecule has 0 bridgehead atoms. The van der Waals surface area contributed by atoms with Gasteiger partial charge in [-0.3, -0.25) is 9.59 Å². The van der Waals surface area contributed by atoms with Crippen molar-refractivity contribution in [1.82, 2.24) is 0 Å². The molecule has 0 spiro atoms. The van der Waals surface area contributed by atoms with Gasteiger partial charge < -0.3 is 28.6 Å². The number of rotatable bonds is 16. The van der Waals surface area contributed by atoms with Crippen molar-refractivity contribution >= 4 is 46.4 Å². The van der Waals surface area contributed by atoms with Crippen molar-refractivity contribution in [3.8, 4) is 5.75 Å². The van der Waals surface area contributed by atoms with E-state index in [9.17, 15) is 14.4 Å². The maximum Gasteiger partial charge on any atom is 0.338 e. The minimum absolute atomic E-state index is 0.0481. The highest BCUT2D eigenvalue weighted by Crippen LogP contribution is 2.31. The summed E-state index contributed by atoms with van der Waals surface area (Å²) in [4.78, 5) is 40.0. The molecule has 1 aliphatic carbocycles. The monoisotopic (exact) mass is 557 g/mol. The fourth-order valence-corrected chi connectivity index (χ4v) is 4.08. The standard InChI is InChI=1S/C26H33Cl2NO8/c1-17-20(24(31)25(34-4)18(2)23(17)30)16-37-26(32)19-5-6-21(29(9-7-27)10-8-28)22(15-19)36-14-13-35-12-11-33-3/h5-6,15H,7-14,16H2,1-4H3. The Morgan fingerprint density at radius 3 is 2.22 bits per heavy atom. The van der Waals surface area contributed by atoms with Crippen molar-refractivity contribution in [3.63, 3.8) is 0 Å². The normalized spacial score (nSPS) is 13.8. The van der Waals surface area contributed by atoms with Crippen molar-refractivity contribution < 1.29 is 38.1 Å². The molecule has 0 amide bonds. The van der Waals surface area contributed by atoms with Gasteiger partial charge in [-0.1, -0.05) is 0 Å². The van der Waals surface area contributed by atoms with Crippen LogP contribution in [0.4, 0.5) is 5.69 Å². The first kappa shape index (κ1) is 30.6. The van der Waals surface area contributed by atoms with Crippen LogP contribution in [0.2, 0.25) is 0 Å². The Morgan fingerprint density at radius 1 is 0.919 bits per heavy atom. The van der Waals surface area contributed by atoms with Gasteiger partial charge in [0.2, 0.25) is 5.78 Å². The molecule has 0 unspecified atom stereocenters. The first-order chi connectivity index (χ1) is 17.8. The van der Waals surface area contributed by atoms with Crippen molar-refractivity contribution in [2.45, 2.75) is 13.8 Å². The Balaban J connectivity index is 2.21. The predicted molar refractivity (Wildman–Crippen MR) is 141 cm³/mol. The second kappa shape index (κ2) is 15.6. The highest BCUT2D eigenvalue weighted by atomic mass is 35.5. The number of allylic oxidation sites excluding steroid dienone is 3. The van der Waals surface area contributed by atoms with Crippen molar-refractivity contribution in [2.75, 3.05) is 77.0 Å². The quantitative estimate of drug-likeness (QED) is 0.131. The molecule has 0 atom stereocenters. The summed E-state index contributed by atoms with van der Waals surface area (Å²) in [6.45, 7) is 5.18. The van der Waals surface area contributed by atoms with Crippen LogP contribution in [-0.4, -0.2) is 89.6 Å². The molecule has 0 heterocycles. The van der Waals surface area contributed by atoms with Crippen molar-refractivity contribution in [2.24, 2.45) is 0 Å². The highest BCUT2D eigenvalue weighted by molar-refractivity contribution is 6.24. The number of hydrogen-bond acceptors (Lipinski definition) is 9. The molecule has 1 aromatic rings. The summed E-state index contributed by atoms with van der Waals surface area (Å²) in [5.74, 6) is -0.352. The number of carbonyl (C=O) groups is 3. The Labute approximate surface area is 227 Å². The van der Waals surface area contributed by atoms with Crippen molar-refractivity contribution in [1.29, 1.82) is 0 Å². The van der Waals surface area contributed by atoms with E-state index < -0.39 is 11.8 Å². The van der Waals surface area contributed by atoms with E-state index >= 15 is 0 Å². The molecule has 0 saturated heterocycles. The van der Waals surface area contributed by atoms with Crippen LogP contribution in [0.5, 0.6) is 5.75 Å². The molecule has 1 aliphatic rings. The lowest BCUT2D eigenvalue weighted by atomic mass is 9.90. The van der Waals surface area contributed by atoms with E-state index in [2.05, 4.69) is 0 Å². The van der Waals surface area contributed by atoms with Crippen LogP contribution >= 0.6 is 23.2 Å². The van der Waals surface area contributed by atoms with Crippen LogP contribution in [0, 0.1) is 0 Å². The minimum atomic E-state index is -0.681. The van der Waals surface area contributed by atoms with E-state index in [1.54, 1.807) is 25.3 Å². The van der Waals surface area contributed by atoms with E-state index in [0.717, 1.165) is 0 Å². The molecule has 0 fully saturated rings. The molecule has 0 saturated carbocycles. The third-order valence-electron chi connectivity index (χ3n) is 5.67. The molecule has 2 rings (SSSR count). The summed E-state index contributed by atoms with van der Waals surface area (Å²) < 4.78 is 26.8. The number of Topliss-reactive ketones (excluding diaryl/α,β-unsaturated/α-hetero) is 2. The van der Waals surface area contributed by atoms with Crippen LogP contribution < -0.4 is 9.64 Å². The Kier molecular flexibility index (Phi) is 12.9. The van der Waals surface area contributed by atoms with Crippen LogP contribution in [0.15, 0.2) is 40.7 Å². The first-order valence-corrected chi connectivity index (χ1v) is 12.8. The number of carbonyl (C=O) groups excluding carboxylic acids is 3. The number of nitrogens with zero attached hydrogens (tertiary/aromatic N) is 1. The Hall–Kier alpha value is -2.59. The van der Waals surface area contributed by atoms with E-state index in [1.807, 2.05) is 4.90 Å². The highest BCUT2D eigenvalue weighted by Gasteiger charge is 2.32. The fraction of sp³-hybridized carbons (Fsp3) is 0.500. The topological polar surface area (TPSA) is 101 Å². The second-order valence-corrected chi connectivity index (χ2v) is 8.75. The molecular formula is C26H33Cl2NO8. The molecule has 0 aromatic heterocycles. The lowest BCUT2D eigenvalue weighted by molar-refractivity contribution is -0.119. The van der Waals surface area contributed by atoms with Crippen molar-refractivity contribution in [3.05, 3.63) is 46.2 Å². The Bertz CT molecular complexity index is 1030. The smallest absolute Gasteiger partial charge is 0.338 e. The van der Waals surface area contributed by atoms with E-state index in [4.69, 9.17) is 46.9 Å². The predicted octanol–water partition coefficient (Wildman–Crippen LogP) is 3.56. The first-order valence-electron chi connectivity index (χ1n) is 11.7. The number of benzene rings is 1. The van der Waals surface area contributed by atoms with Gasteiger partial charge in [-0.2, -0.15) is 0 Å². The molecule has 11 heteroatoms. The molecule has 0 aliphatic heterocycles. The zero-order chi connectivity index (χ0) is 27.4. The number of alkyl halides is 2. The number of hydrogen-bond donors (Lipinski definition) is 0. The minimum Gasteiger partial charge on any atom is -0.492 e. The van der Waals surface area contributed by atoms with Gasteiger partial charge in [-0.15, -0.1) is 23.2 Å². The number of ketones is 2. The van der Waals surface area contributed by atoms with Gasteiger partial charge in [-0.25, -0.2) is 4.79 Å². The molecular weight excluding hydrogens is 525 g/mol. The summed E-state index contributed by atoms with van der Waals surface area (Å²) in [5.41, 5.74) is 1.45. The van der Waals surface area contributed by atoms with Gasteiger partial charge in [0.05, 0.1) is 38.2 Å². The lowest BCUT2D eigenvalue weighted by Crippen LogP contribution is -2.28. The molecule has 0 N–H and O–H groups in total. The van der Waals surface area contributed by atoms with Gasteiger partial charge in [0.1, 0.15) is 19.0 Å². The summed E-state index contributed by atoms with van der Waals surface area (Å²) >= 11 is 11.9. The van der Waals surface area contributed by atoms with Crippen LogP contribution in [0.25, 0.3) is 0 Å². The van der Waals surface area contributed by atoms with Crippen LogP contribution in [0.1, 0.15) is 24.2 Å². The zero-order valence-electron chi connectivity index (χ0n) is 21.6. The zero-order valence-corrected chi connectivity index (χ0v) is 23.1. The number of methoxy groups -OCH3 is 2. The van der Waals surface area contributed by atoms with Gasteiger partial charge in [-0.05, 0) is 32.0 Å². The number of anilines is 1. The summed E-state index contributed by atoms with van der Waals surface area (Å²) in [7, 11) is 2.91. The number of esters is 1. The number of ether oxygens (including phenoxy) is 5. The largest absolute Gasteiger partial charge is 0.492 e. The fourth-order valence-electron chi connectivity index (χ4n) is 3.67. The Morgan fingerprint density at radius 2 is 1.59 bits per heavy atom. The maximum absolute atomic E-state index is 12.9. The molecule has 204 valence electrons. The molecule has 0 radical (unpaired) electrons. The van der Waals surface area contributed by atoms with E-state index in [0.29, 0.717) is 56.1 Å². The maximum atomic E-state index is 12.9. The van der Waals surface area contributed by atoms with Crippen LogP contribution in [-0.2, 0) is 28.5 Å². The van der Waals surface area contributed by atoms with Gasteiger partial charge in [0, 0.05) is 48.7 Å². The van der Waals surface area contributed by atoms with E-state index in [1.165, 1.54) is 21.0 Å². The summed E-state index contributed by atoms with van der Waals surface area (Å²) in [5, 5.41) is 0. The average molecular weight is 558 g/mol. The van der Waals surface area contributed by atoms with Gasteiger partial charge in [0.15, 0.2) is 11.5 Å². The third-order valence-corrected chi connectivity index (χ3v) is 6.01. The van der Waals surface area contributed by atoms with Crippen LogP contribution in [0.3, 0.4) is 0 Å². The van der Waals surface area contributed by atoms with Gasteiger partial charge in [0.25, 0.3) is 0 Å². The average Bonchev–Trinajstić information content (AvgIpc) is 2.89. The third kappa shape index (κ3) is 8.20. The lowest BCUT2D eigenvalue weighted by Gasteiger charge is -2.26. The summed E-state index contributed by atoms with van der Waals surface area (Å²) in [6.07, 6.45) is 0. The number of halogens is 2. The molecule has 37 heavy (non-hydrogen) atoms. The molecule has 1 aromatic carbocycles. The summed E-state index contributed by atoms with van der Waals surface area (Å²) in [6, 6.07) is 4.88. The van der Waals surface area contributed by atoms with E-state index in [-0.39, 0.29) is 47.0 Å². The second-order valence-electron chi connectivity index (χ2n) is 8.00. The SMILES string of the molecule is COCCOCCOc1cc(C(=O)OCC2=C(C)C(=O)C(C)=C(OC)C2=O)ccc1N(CCCl)CCCl.